The average molecular weight is 420 g/mol. The van der Waals surface area contributed by atoms with Gasteiger partial charge in [-0.05, 0) is 17.7 Å². The monoisotopic (exact) mass is 419 g/mol. The minimum absolute atomic E-state index is 0.199. The Kier molecular flexibility index (Phi) is 5.35. The lowest BCUT2D eigenvalue weighted by atomic mass is 10.1. The second kappa shape index (κ2) is 8.43. The van der Waals surface area contributed by atoms with Crippen LogP contribution in [-0.2, 0) is 11.2 Å². The molecule has 0 spiro atoms. The van der Waals surface area contributed by atoms with Crippen molar-refractivity contribution in [2.75, 3.05) is 33.0 Å². The van der Waals surface area contributed by atoms with Crippen LogP contribution in [0.2, 0.25) is 0 Å². The second-order valence-electron chi connectivity index (χ2n) is 7.19. The molecule has 0 bridgehead atoms. The number of amides is 1. The van der Waals surface area contributed by atoms with Gasteiger partial charge in [0.05, 0.1) is 35.8 Å². The van der Waals surface area contributed by atoms with Gasteiger partial charge < -0.3 is 10.1 Å². The predicted molar refractivity (Wildman–Crippen MR) is 117 cm³/mol. The zero-order valence-electron chi connectivity index (χ0n) is 16.4. The number of carbonyl (C=O) groups is 1. The van der Waals surface area contributed by atoms with E-state index in [1.54, 1.807) is 17.5 Å². The van der Waals surface area contributed by atoms with Crippen molar-refractivity contribution in [1.29, 1.82) is 0 Å². The Bertz CT molecular complexity index is 1190. The van der Waals surface area contributed by atoms with Crippen LogP contribution in [0.3, 0.4) is 0 Å². The number of carbonyl (C=O) groups excluding carboxylic acids is 1. The van der Waals surface area contributed by atoms with Gasteiger partial charge in [0.15, 0.2) is 0 Å². The van der Waals surface area contributed by atoms with Gasteiger partial charge in [-0.2, -0.15) is 0 Å². The lowest BCUT2D eigenvalue weighted by molar-refractivity contribution is 0.0333. The summed E-state index contributed by atoms with van der Waals surface area (Å²) < 4.78 is 6.34. The number of thiophene rings is 1. The molecule has 1 aliphatic rings. The zero-order chi connectivity index (χ0) is 20.3. The van der Waals surface area contributed by atoms with Crippen LogP contribution in [0.5, 0.6) is 0 Å². The van der Waals surface area contributed by atoms with Gasteiger partial charge >= 0.3 is 0 Å². The Morgan fingerprint density at radius 3 is 2.77 bits per heavy atom. The van der Waals surface area contributed by atoms with Crippen LogP contribution in [0.1, 0.15) is 21.9 Å². The van der Waals surface area contributed by atoms with Crippen molar-refractivity contribution in [2.45, 2.75) is 6.42 Å². The predicted octanol–water partition coefficient (Wildman–Crippen LogP) is 2.85. The molecule has 1 saturated heterocycles. The molecule has 4 aromatic rings. The highest BCUT2D eigenvalue weighted by molar-refractivity contribution is 7.25. The molecule has 1 amide bonds. The molecular weight excluding hydrogens is 398 g/mol. The van der Waals surface area contributed by atoms with E-state index in [-0.39, 0.29) is 11.7 Å². The molecule has 0 saturated carbocycles. The van der Waals surface area contributed by atoms with Crippen LogP contribution in [0.4, 0.5) is 0 Å². The number of fused-ring (bicyclic) bond motifs is 3. The van der Waals surface area contributed by atoms with Crippen molar-refractivity contribution in [1.82, 2.24) is 25.2 Å². The van der Waals surface area contributed by atoms with E-state index in [0.717, 1.165) is 44.8 Å². The molecule has 0 radical (unpaired) electrons. The number of hydrogen-bond donors (Lipinski definition) is 1. The molecule has 1 N–H and O–H groups in total. The maximum absolute atomic E-state index is 12.9. The number of nitrogens with zero attached hydrogens (tertiary/aromatic N) is 4. The molecule has 7 nitrogen and oxygen atoms in total. The van der Waals surface area contributed by atoms with Crippen LogP contribution in [0.25, 0.3) is 20.4 Å². The molecule has 1 aliphatic heterocycles. The van der Waals surface area contributed by atoms with Crippen LogP contribution in [0, 0.1) is 0 Å². The van der Waals surface area contributed by atoms with Gasteiger partial charge in [0.25, 0.3) is 5.91 Å². The number of benzene rings is 1. The Morgan fingerprint density at radius 2 is 1.93 bits per heavy atom. The minimum Gasteiger partial charge on any atom is -0.379 e. The number of rotatable bonds is 5. The quantitative estimate of drug-likeness (QED) is 0.536. The molecule has 0 aliphatic carbocycles. The number of pyridine rings is 1. The second-order valence-corrected chi connectivity index (χ2v) is 8.19. The molecular formula is C22H21N5O2S. The van der Waals surface area contributed by atoms with Crippen LogP contribution in [0.15, 0.2) is 48.7 Å². The molecule has 152 valence electrons. The molecule has 1 aromatic carbocycles. The van der Waals surface area contributed by atoms with Gasteiger partial charge in [0.1, 0.15) is 4.83 Å². The van der Waals surface area contributed by atoms with E-state index in [1.807, 2.05) is 30.3 Å². The van der Waals surface area contributed by atoms with Gasteiger partial charge in [-0.3, -0.25) is 9.69 Å². The van der Waals surface area contributed by atoms with E-state index in [2.05, 4.69) is 37.3 Å². The largest absolute Gasteiger partial charge is 0.379 e. The fourth-order valence-corrected chi connectivity index (χ4v) is 4.64. The Hall–Kier alpha value is -2.94. The first-order valence-corrected chi connectivity index (χ1v) is 10.8. The molecule has 8 heteroatoms. The van der Waals surface area contributed by atoms with E-state index in [9.17, 15) is 4.79 Å². The van der Waals surface area contributed by atoms with E-state index >= 15 is 0 Å². The lowest BCUT2D eigenvalue weighted by Gasteiger charge is -2.26. The number of nitrogens with one attached hydrogen (secondary N) is 1. The lowest BCUT2D eigenvalue weighted by Crippen LogP contribution is -2.44. The van der Waals surface area contributed by atoms with Gasteiger partial charge in [-0.15, -0.1) is 11.3 Å². The first kappa shape index (κ1) is 19.0. The number of morpholine rings is 1. The highest BCUT2D eigenvalue weighted by Gasteiger charge is 2.19. The Morgan fingerprint density at radius 1 is 1.10 bits per heavy atom. The standard InChI is InChI=1S/C22H21N5O2S/c28-21(24-14-27-9-11-29-12-10-27)20-25-17(13-15-5-2-1-3-6-15)19-18(26-20)16-7-4-8-23-22(16)30-19/h1-8H,9-14H2,(H,24,28). The van der Waals surface area contributed by atoms with Gasteiger partial charge in [0, 0.05) is 31.1 Å². The van der Waals surface area contributed by atoms with Crippen molar-refractivity contribution in [3.05, 3.63) is 65.7 Å². The smallest absolute Gasteiger partial charge is 0.290 e. The van der Waals surface area contributed by atoms with Crippen molar-refractivity contribution in [3.8, 4) is 0 Å². The summed E-state index contributed by atoms with van der Waals surface area (Å²) in [5.41, 5.74) is 2.79. The molecule has 3 aromatic heterocycles. The van der Waals surface area contributed by atoms with Crippen LogP contribution in [-0.4, -0.2) is 58.7 Å². The van der Waals surface area contributed by atoms with Crippen molar-refractivity contribution >= 4 is 37.7 Å². The number of ether oxygens (including phenoxy) is 1. The third kappa shape index (κ3) is 3.89. The zero-order valence-corrected chi connectivity index (χ0v) is 17.2. The van der Waals surface area contributed by atoms with Crippen LogP contribution >= 0.6 is 11.3 Å². The molecule has 0 atom stereocenters. The third-order valence-corrected chi connectivity index (χ3v) is 6.30. The third-order valence-electron chi connectivity index (χ3n) is 5.15. The highest BCUT2D eigenvalue weighted by atomic mass is 32.1. The summed E-state index contributed by atoms with van der Waals surface area (Å²) in [7, 11) is 0. The first-order valence-electron chi connectivity index (χ1n) is 9.94. The van der Waals surface area contributed by atoms with Gasteiger partial charge in [0.2, 0.25) is 5.82 Å². The summed E-state index contributed by atoms with van der Waals surface area (Å²) >= 11 is 1.57. The van der Waals surface area contributed by atoms with Gasteiger partial charge in [-0.1, -0.05) is 30.3 Å². The van der Waals surface area contributed by atoms with Crippen molar-refractivity contribution < 1.29 is 9.53 Å². The summed E-state index contributed by atoms with van der Waals surface area (Å²) in [4.78, 5) is 29.7. The van der Waals surface area contributed by atoms with E-state index < -0.39 is 0 Å². The fraction of sp³-hybridized carbons (Fsp3) is 0.273. The summed E-state index contributed by atoms with van der Waals surface area (Å²) in [6.45, 7) is 3.45. The van der Waals surface area contributed by atoms with E-state index in [4.69, 9.17) is 4.74 Å². The van der Waals surface area contributed by atoms with Crippen molar-refractivity contribution in [2.24, 2.45) is 0 Å². The topological polar surface area (TPSA) is 80.2 Å². The number of hydrogen-bond acceptors (Lipinski definition) is 7. The van der Waals surface area contributed by atoms with Crippen molar-refractivity contribution in [3.63, 3.8) is 0 Å². The maximum Gasteiger partial charge on any atom is 0.290 e. The fourth-order valence-electron chi connectivity index (χ4n) is 3.57. The molecule has 5 rings (SSSR count). The van der Waals surface area contributed by atoms with E-state index in [0.29, 0.717) is 26.3 Å². The Labute approximate surface area is 177 Å². The molecule has 30 heavy (non-hydrogen) atoms. The summed E-state index contributed by atoms with van der Waals surface area (Å²) in [5.74, 6) is -0.0637. The molecule has 4 heterocycles. The average Bonchev–Trinajstić information content (AvgIpc) is 3.18. The Balaban J connectivity index is 1.51. The number of aromatic nitrogens is 3. The maximum atomic E-state index is 12.9. The SMILES string of the molecule is O=C(NCN1CCOCC1)c1nc(Cc2ccccc2)c2sc3ncccc3c2n1. The minimum atomic E-state index is -0.263. The van der Waals surface area contributed by atoms with E-state index in [1.165, 1.54) is 0 Å². The molecule has 0 unspecified atom stereocenters. The van der Waals surface area contributed by atoms with Crippen LogP contribution < -0.4 is 5.32 Å². The summed E-state index contributed by atoms with van der Waals surface area (Å²) in [5, 5.41) is 3.91. The van der Waals surface area contributed by atoms with Gasteiger partial charge in [-0.25, -0.2) is 15.0 Å². The summed E-state index contributed by atoms with van der Waals surface area (Å²) in [6.07, 6.45) is 2.41. The molecule has 1 fully saturated rings. The first-order chi connectivity index (χ1) is 14.8. The normalized spacial score (nSPS) is 14.9. The summed E-state index contributed by atoms with van der Waals surface area (Å²) in [6, 6.07) is 14.0. The highest BCUT2D eigenvalue weighted by Crippen LogP contribution is 2.33.